The average molecular weight is 355 g/mol. The molecule has 6 nitrogen and oxygen atoms in total. The van der Waals surface area contributed by atoms with Gasteiger partial charge in [0.05, 0.1) is 23.9 Å². The topological polar surface area (TPSA) is 66.8 Å². The van der Waals surface area contributed by atoms with E-state index in [1.54, 1.807) is 18.4 Å². The van der Waals surface area contributed by atoms with Crippen molar-refractivity contribution in [2.45, 2.75) is 52.5 Å². The Morgan fingerprint density at radius 1 is 1.38 bits per heavy atom. The molecule has 0 saturated heterocycles. The van der Waals surface area contributed by atoms with Gasteiger partial charge in [-0.05, 0) is 26.7 Å². The summed E-state index contributed by atoms with van der Waals surface area (Å²) in [7, 11) is 3.81. The number of hydrogen-bond acceptors (Lipinski definition) is 5. The van der Waals surface area contributed by atoms with Crippen LogP contribution in [0.5, 0.6) is 0 Å². The van der Waals surface area contributed by atoms with Crippen LogP contribution in [0.4, 0.5) is 0 Å². The van der Waals surface area contributed by atoms with E-state index in [2.05, 4.69) is 25.6 Å². The van der Waals surface area contributed by atoms with E-state index in [1.165, 1.54) is 0 Å². The summed E-state index contributed by atoms with van der Waals surface area (Å²) in [5, 5.41) is 6.55. The standard InChI is InChI=1S/C17H30N4O2S/c1-5-23-16(22)10-8-6-7-9-11-19-17(18-3)21(4)12-15-13-24-14(2)20-15/h13H,5-12H2,1-4H3,(H,18,19). The molecule has 0 aromatic carbocycles. The van der Waals surface area contributed by atoms with Crippen molar-refractivity contribution in [2.24, 2.45) is 4.99 Å². The van der Waals surface area contributed by atoms with Crippen LogP contribution < -0.4 is 5.32 Å². The molecule has 1 heterocycles. The van der Waals surface area contributed by atoms with Crippen molar-refractivity contribution >= 4 is 23.3 Å². The lowest BCUT2D eigenvalue weighted by Gasteiger charge is -2.21. The predicted octanol–water partition coefficient (Wildman–Crippen LogP) is 2.97. The normalized spacial score (nSPS) is 11.4. The van der Waals surface area contributed by atoms with Crippen molar-refractivity contribution in [1.29, 1.82) is 0 Å². The average Bonchev–Trinajstić information content (AvgIpc) is 2.95. The van der Waals surface area contributed by atoms with Crippen LogP contribution in [0, 0.1) is 6.92 Å². The molecule has 0 aliphatic rings. The SMILES string of the molecule is CCOC(=O)CCCCCCNC(=NC)N(C)Cc1csc(C)n1. The second-order valence-corrected chi connectivity index (χ2v) is 6.72. The lowest BCUT2D eigenvalue weighted by molar-refractivity contribution is -0.143. The Morgan fingerprint density at radius 3 is 2.75 bits per heavy atom. The van der Waals surface area contributed by atoms with E-state index in [1.807, 2.05) is 20.9 Å². The minimum Gasteiger partial charge on any atom is -0.466 e. The zero-order valence-corrected chi connectivity index (χ0v) is 16.1. The number of carbonyl (C=O) groups is 1. The highest BCUT2D eigenvalue weighted by atomic mass is 32.1. The first-order valence-corrected chi connectivity index (χ1v) is 9.43. The Hall–Kier alpha value is -1.63. The highest BCUT2D eigenvalue weighted by Gasteiger charge is 2.08. The third-order valence-corrected chi connectivity index (χ3v) is 4.36. The van der Waals surface area contributed by atoms with Crippen LogP contribution in [0.25, 0.3) is 0 Å². The van der Waals surface area contributed by atoms with Crippen LogP contribution >= 0.6 is 11.3 Å². The van der Waals surface area contributed by atoms with Gasteiger partial charge in [-0.1, -0.05) is 12.8 Å². The van der Waals surface area contributed by atoms with Gasteiger partial charge >= 0.3 is 5.97 Å². The number of nitrogens with zero attached hydrogens (tertiary/aromatic N) is 3. The minimum absolute atomic E-state index is 0.0880. The highest BCUT2D eigenvalue weighted by molar-refractivity contribution is 7.09. The molecule has 0 spiro atoms. The number of esters is 1. The monoisotopic (exact) mass is 354 g/mol. The second-order valence-electron chi connectivity index (χ2n) is 5.66. The number of rotatable bonds is 10. The smallest absolute Gasteiger partial charge is 0.305 e. The van der Waals surface area contributed by atoms with Gasteiger partial charge in [-0.25, -0.2) is 4.98 Å². The number of aromatic nitrogens is 1. The van der Waals surface area contributed by atoms with Gasteiger partial charge in [0.2, 0.25) is 0 Å². The quantitative estimate of drug-likeness (QED) is 0.303. The summed E-state index contributed by atoms with van der Waals surface area (Å²) in [6, 6.07) is 0. The molecule has 1 aromatic rings. The number of ether oxygens (including phenoxy) is 1. The van der Waals surface area contributed by atoms with Gasteiger partial charge in [0.1, 0.15) is 0 Å². The lowest BCUT2D eigenvalue weighted by Crippen LogP contribution is -2.38. The molecule has 1 rings (SSSR count). The number of aliphatic imine (C=N–C) groups is 1. The van der Waals surface area contributed by atoms with Crippen molar-refractivity contribution in [3.05, 3.63) is 16.1 Å². The molecule has 0 unspecified atom stereocenters. The van der Waals surface area contributed by atoms with Gasteiger partial charge in [0.25, 0.3) is 0 Å². The van der Waals surface area contributed by atoms with Gasteiger partial charge in [-0.2, -0.15) is 0 Å². The summed E-state index contributed by atoms with van der Waals surface area (Å²) in [5.74, 6) is 0.794. The number of hydrogen-bond donors (Lipinski definition) is 1. The second kappa shape index (κ2) is 11.8. The van der Waals surface area contributed by atoms with E-state index in [4.69, 9.17) is 4.74 Å². The van der Waals surface area contributed by atoms with Crippen molar-refractivity contribution < 1.29 is 9.53 Å². The Balaban J connectivity index is 2.14. The summed E-state index contributed by atoms with van der Waals surface area (Å²) < 4.78 is 4.92. The molecule has 0 bridgehead atoms. The van der Waals surface area contributed by atoms with E-state index >= 15 is 0 Å². The van der Waals surface area contributed by atoms with Gasteiger partial charge in [-0.15, -0.1) is 11.3 Å². The predicted molar refractivity (Wildman–Crippen MR) is 99.4 cm³/mol. The van der Waals surface area contributed by atoms with Gasteiger partial charge in [-0.3, -0.25) is 9.79 Å². The van der Waals surface area contributed by atoms with Crippen LogP contribution in [0.15, 0.2) is 10.4 Å². The third-order valence-electron chi connectivity index (χ3n) is 3.54. The van der Waals surface area contributed by atoms with Gasteiger partial charge in [0, 0.05) is 32.4 Å². The maximum absolute atomic E-state index is 11.2. The summed E-state index contributed by atoms with van der Waals surface area (Å²) in [6.07, 6.45) is 4.63. The van der Waals surface area contributed by atoms with E-state index < -0.39 is 0 Å². The van der Waals surface area contributed by atoms with Crippen molar-refractivity contribution in [2.75, 3.05) is 27.2 Å². The number of nitrogens with one attached hydrogen (secondary N) is 1. The van der Waals surface area contributed by atoms with Crippen LogP contribution in [0.2, 0.25) is 0 Å². The van der Waals surface area contributed by atoms with Crippen molar-refractivity contribution in [1.82, 2.24) is 15.2 Å². The summed E-state index contributed by atoms with van der Waals surface area (Å²) in [6.45, 7) is 5.96. The summed E-state index contributed by atoms with van der Waals surface area (Å²) in [4.78, 5) is 22.1. The first kappa shape index (κ1) is 20.4. The number of aryl methyl sites for hydroxylation is 1. The summed E-state index contributed by atoms with van der Waals surface area (Å²) >= 11 is 1.67. The van der Waals surface area contributed by atoms with E-state index in [9.17, 15) is 4.79 Å². The van der Waals surface area contributed by atoms with Crippen molar-refractivity contribution in [3.63, 3.8) is 0 Å². The zero-order valence-electron chi connectivity index (χ0n) is 15.3. The maximum Gasteiger partial charge on any atom is 0.305 e. The fraction of sp³-hybridized carbons (Fsp3) is 0.706. The number of thiazole rings is 1. The van der Waals surface area contributed by atoms with Gasteiger partial charge in [0.15, 0.2) is 5.96 Å². The third kappa shape index (κ3) is 8.29. The Morgan fingerprint density at radius 2 is 2.12 bits per heavy atom. The highest BCUT2D eigenvalue weighted by Crippen LogP contribution is 2.10. The molecule has 24 heavy (non-hydrogen) atoms. The largest absolute Gasteiger partial charge is 0.466 e. The Labute approximate surface area is 149 Å². The molecule has 7 heteroatoms. The number of carbonyl (C=O) groups excluding carboxylic acids is 1. The fourth-order valence-corrected chi connectivity index (χ4v) is 2.97. The van der Waals surface area contributed by atoms with E-state index in [0.717, 1.165) is 55.4 Å². The molecule has 0 saturated carbocycles. The first-order valence-electron chi connectivity index (χ1n) is 8.55. The summed E-state index contributed by atoms with van der Waals surface area (Å²) in [5.41, 5.74) is 1.07. The van der Waals surface area contributed by atoms with E-state index in [0.29, 0.717) is 13.0 Å². The Bertz CT molecular complexity index is 516. The van der Waals surface area contributed by atoms with Crippen LogP contribution in [0.3, 0.4) is 0 Å². The zero-order chi connectivity index (χ0) is 17.8. The number of guanidine groups is 1. The maximum atomic E-state index is 11.2. The molecule has 1 N–H and O–H groups in total. The van der Waals surface area contributed by atoms with Gasteiger partial charge < -0.3 is 15.0 Å². The molecule has 0 amide bonds. The van der Waals surface area contributed by atoms with Crippen LogP contribution in [-0.2, 0) is 16.1 Å². The molecule has 0 aliphatic carbocycles. The molecule has 0 aliphatic heterocycles. The molecular weight excluding hydrogens is 324 g/mol. The molecule has 0 atom stereocenters. The molecule has 0 fully saturated rings. The fourth-order valence-electron chi connectivity index (χ4n) is 2.36. The Kier molecular flexibility index (Phi) is 10.1. The molecule has 1 aromatic heterocycles. The minimum atomic E-state index is -0.0880. The van der Waals surface area contributed by atoms with Crippen LogP contribution in [-0.4, -0.2) is 49.1 Å². The lowest BCUT2D eigenvalue weighted by atomic mass is 10.1. The molecular formula is C17H30N4O2S. The molecule has 136 valence electrons. The van der Waals surface area contributed by atoms with Crippen molar-refractivity contribution in [3.8, 4) is 0 Å². The van der Waals surface area contributed by atoms with E-state index in [-0.39, 0.29) is 5.97 Å². The number of unbranched alkanes of at least 4 members (excludes halogenated alkanes) is 3. The molecule has 0 radical (unpaired) electrons. The van der Waals surface area contributed by atoms with Crippen LogP contribution in [0.1, 0.15) is 49.7 Å². The first-order chi connectivity index (χ1) is 11.6.